The van der Waals surface area contributed by atoms with Gasteiger partial charge in [-0.2, -0.15) is 0 Å². The molecule has 2 rings (SSSR count). The van der Waals surface area contributed by atoms with Gasteiger partial charge in [0.25, 0.3) is 0 Å². The molecule has 2 aromatic rings. The lowest BCUT2D eigenvalue weighted by Gasteiger charge is -2.17. The van der Waals surface area contributed by atoms with Gasteiger partial charge in [-0.1, -0.05) is 81.5 Å². The first-order valence-corrected chi connectivity index (χ1v) is 11.3. The van der Waals surface area contributed by atoms with Crippen LogP contribution in [0.4, 0.5) is 5.69 Å². The van der Waals surface area contributed by atoms with Gasteiger partial charge in [0.15, 0.2) is 5.78 Å². The average Bonchev–Trinajstić information content (AvgIpc) is 2.72. The van der Waals surface area contributed by atoms with Gasteiger partial charge in [0.1, 0.15) is 0 Å². The SMILES string of the molecule is CCCCCCCCSc1cc(C=CC(=O)c2ccccc2)ccc1N(C)C. The van der Waals surface area contributed by atoms with Crippen molar-refractivity contribution in [3.63, 3.8) is 0 Å². The summed E-state index contributed by atoms with van der Waals surface area (Å²) < 4.78 is 0. The highest BCUT2D eigenvalue weighted by Gasteiger charge is 2.07. The maximum atomic E-state index is 12.3. The van der Waals surface area contributed by atoms with E-state index in [9.17, 15) is 4.79 Å². The smallest absolute Gasteiger partial charge is 0.185 e. The number of nitrogens with zero attached hydrogens (tertiary/aromatic N) is 1. The standard InChI is InChI=1S/C25H33NOS/c1-4-5-6-7-8-12-19-28-25-20-21(15-17-23(25)26(2)3)16-18-24(27)22-13-10-9-11-14-22/h9-11,13-18,20H,4-8,12,19H2,1-3H3. The van der Waals surface area contributed by atoms with Crippen molar-refractivity contribution in [1.82, 2.24) is 0 Å². The minimum absolute atomic E-state index is 0.0403. The van der Waals surface area contributed by atoms with Gasteiger partial charge in [-0.05, 0) is 35.9 Å². The molecule has 2 aromatic carbocycles. The Balaban J connectivity index is 1.97. The molecular formula is C25H33NOS. The van der Waals surface area contributed by atoms with Crippen LogP contribution in [0, 0.1) is 0 Å². The van der Waals surface area contributed by atoms with E-state index in [1.165, 1.54) is 49.1 Å². The number of ketones is 1. The van der Waals surface area contributed by atoms with E-state index >= 15 is 0 Å². The molecule has 0 saturated carbocycles. The highest BCUT2D eigenvalue weighted by Crippen LogP contribution is 2.31. The zero-order chi connectivity index (χ0) is 20.2. The van der Waals surface area contributed by atoms with Crippen LogP contribution < -0.4 is 4.90 Å². The third kappa shape index (κ3) is 7.55. The summed E-state index contributed by atoms with van der Waals surface area (Å²) in [5.74, 6) is 1.18. The van der Waals surface area contributed by atoms with Crippen LogP contribution >= 0.6 is 11.8 Å². The molecular weight excluding hydrogens is 362 g/mol. The average molecular weight is 396 g/mol. The lowest BCUT2D eigenvalue weighted by atomic mass is 10.1. The number of thioether (sulfide) groups is 1. The van der Waals surface area contributed by atoms with Crippen molar-refractivity contribution in [2.45, 2.75) is 50.3 Å². The zero-order valence-corrected chi connectivity index (χ0v) is 18.3. The predicted molar refractivity (Wildman–Crippen MR) is 125 cm³/mol. The lowest BCUT2D eigenvalue weighted by molar-refractivity contribution is 0.104. The zero-order valence-electron chi connectivity index (χ0n) is 17.5. The van der Waals surface area contributed by atoms with E-state index in [-0.39, 0.29) is 5.78 Å². The van der Waals surface area contributed by atoms with Crippen molar-refractivity contribution in [1.29, 1.82) is 0 Å². The molecule has 0 aliphatic carbocycles. The summed E-state index contributed by atoms with van der Waals surface area (Å²) in [6.07, 6.45) is 11.5. The Kier molecular flexibility index (Phi) is 9.92. The maximum Gasteiger partial charge on any atom is 0.185 e. The van der Waals surface area contributed by atoms with Crippen molar-refractivity contribution in [2.75, 3.05) is 24.7 Å². The molecule has 0 unspecified atom stereocenters. The summed E-state index contributed by atoms with van der Waals surface area (Å²) in [4.78, 5) is 15.7. The van der Waals surface area contributed by atoms with Crippen LogP contribution in [-0.2, 0) is 0 Å². The third-order valence-electron chi connectivity index (χ3n) is 4.71. The summed E-state index contributed by atoms with van der Waals surface area (Å²) in [6, 6.07) is 15.8. The first kappa shape index (κ1) is 22.3. The van der Waals surface area contributed by atoms with Crippen molar-refractivity contribution in [3.8, 4) is 0 Å². The normalized spacial score (nSPS) is 11.1. The fourth-order valence-electron chi connectivity index (χ4n) is 3.05. The third-order valence-corrected chi connectivity index (χ3v) is 5.84. The van der Waals surface area contributed by atoms with E-state index in [0.29, 0.717) is 0 Å². The van der Waals surface area contributed by atoms with E-state index < -0.39 is 0 Å². The largest absolute Gasteiger partial charge is 0.377 e. The summed E-state index contributed by atoms with van der Waals surface area (Å²) in [5, 5.41) is 0. The number of anilines is 1. The van der Waals surface area contributed by atoms with Gasteiger partial charge in [-0.25, -0.2) is 0 Å². The first-order chi connectivity index (χ1) is 13.6. The molecule has 0 saturated heterocycles. The molecule has 0 atom stereocenters. The molecule has 0 fully saturated rings. The highest BCUT2D eigenvalue weighted by atomic mass is 32.2. The van der Waals surface area contributed by atoms with Crippen molar-refractivity contribution in [3.05, 3.63) is 65.7 Å². The Bertz CT molecular complexity index is 752. The van der Waals surface area contributed by atoms with Gasteiger partial charge >= 0.3 is 0 Å². The highest BCUT2D eigenvalue weighted by molar-refractivity contribution is 7.99. The lowest BCUT2D eigenvalue weighted by Crippen LogP contribution is -2.09. The Hall–Kier alpha value is -2.00. The topological polar surface area (TPSA) is 20.3 Å². The number of unbranched alkanes of at least 4 members (excludes halogenated alkanes) is 5. The van der Waals surface area contributed by atoms with E-state index in [1.807, 2.05) is 48.2 Å². The summed E-state index contributed by atoms with van der Waals surface area (Å²) >= 11 is 1.92. The number of carbonyl (C=O) groups is 1. The van der Waals surface area contributed by atoms with Crippen LogP contribution in [0.15, 0.2) is 59.5 Å². The predicted octanol–water partition coefficient (Wildman–Crippen LogP) is 7.10. The Labute approximate surface area is 175 Å². The fourth-order valence-corrected chi connectivity index (χ4v) is 4.24. The number of carbonyl (C=O) groups excluding carboxylic acids is 1. The van der Waals surface area contributed by atoms with E-state index in [0.717, 1.165) is 16.9 Å². The van der Waals surface area contributed by atoms with Crippen LogP contribution in [0.5, 0.6) is 0 Å². The first-order valence-electron chi connectivity index (χ1n) is 10.3. The molecule has 0 amide bonds. The van der Waals surface area contributed by atoms with Crippen LogP contribution in [-0.4, -0.2) is 25.6 Å². The van der Waals surface area contributed by atoms with Gasteiger partial charge in [0.05, 0.1) is 0 Å². The summed E-state index contributed by atoms with van der Waals surface area (Å²) in [6.45, 7) is 2.26. The minimum Gasteiger partial charge on any atom is -0.377 e. The minimum atomic E-state index is 0.0403. The number of allylic oxidation sites excluding steroid dienone is 1. The van der Waals surface area contributed by atoms with Crippen molar-refractivity contribution in [2.24, 2.45) is 0 Å². The van der Waals surface area contributed by atoms with Crippen molar-refractivity contribution < 1.29 is 4.79 Å². The maximum absolute atomic E-state index is 12.3. The van der Waals surface area contributed by atoms with Crippen LogP contribution in [0.1, 0.15) is 61.4 Å². The van der Waals surface area contributed by atoms with Crippen molar-refractivity contribution >= 4 is 29.3 Å². The molecule has 28 heavy (non-hydrogen) atoms. The monoisotopic (exact) mass is 395 g/mol. The Morgan fingerprint density at radius 3 is 2.39 bits per heavy atom. The van der Waals surface area contributed by atoms with Gasteiger partial charge in [0.2, 0.25) is 0 Å². The van der Waals surface area contributed by atoms with Crippen LogP contribution in [0.25, 0.3) is 6.08 Å². The fraction of sp³-hybridized carbons (Fsp3) is 0.400. The molecule has 0 aliphatic rings. The summed E-state index contributed by atoms with van der Waals surface area (Å²) in [7, 11) is 4.16. The number of rotatable bonds is 12. The van der Waals surface area contributed by atoms with Crippen LogP contribution in [0.2, 0.25) is 0 Å². The van der Waals surface area contributed by atoms with Crippen LogP contribution in [0.3, 0.4) is 0 Å². The molecule has 150 valence electrons. The second-order valence-electron chi connectivity index (χ2n) is 7.30. The van der Waals surface area contributed by atoms with E-state index in [1.54, 1.807) is 6.08 Å². The van der Waals surface area contributed by atoms with E-state index in [4.69, 9.17) is 0 Å². The molecule has 0 spiro atoms. The molecule has 0 aromatic heterocycles. The molecule has 0 N–H and O–H groups in total. The number of hydrogen-bond acceptors (Lipinski definition) is 3. The van der Waals surface area contributed by atoms with E-state index in [2.05, 4.69) is 44.1 Å². The second-order valence-corrected chi connectivity index (χ2v) is 8.44. The van der Waals surface area contributed by atoms with Gasteiger partial charge in [-0.15, -0.1) is 11.8 Å². The molecule has 0 heterocycles. The molecule has 3 heteroatoms. The Morgan fingerprint density at radius 1 is 0.964 bits per heavy atom. The summed E-state index contributed by atoms with van der Waals surface area (Å²) in [5.41, 5.74) is 3.03. The number of hydrogen-bond donors (Lipinski definition) is 0. The second kappa shape index (κ2) is 12.5. The molecule has 0 bridgehead atoms. The molecule has 0 aliphatic heterocycles. The van der Waals surface area contributed by atoms with Gasteiger partial charge in [-0.3, -0.25) is 4.79 Å². The molecule has 0 radical (unpaired) electrons. The Morgan fingerprint density at radius 2 is 1.68 bits per heavy atom. The van der Waals surface area contributed by atoms with Gasteiger partial charge in [0, 0.05) is 30.2 Å². The van der Waals surface area contributed by atoms with Gasteiger partial charge < -0.3 is 4.90 Å². The molecule has 2 nitrogen and oxygen atoms in total. The number of benzene rings is 2. The quantitative estimate of drug-likeness (QED) is 0.165.